The van der Waals surface area contributed by atoms with E-state index in [1.165, 1.54) is 30.0 Å². The van der Waals surface area contributed by atoms with Gasteiger partial charge in [-0.25, -0.2) is 0 Å². The number of aryl methyl sites for hydroxylation is 1. The van der Waals surface area contributed by atoms with E-state index in [1.54, 1.807) is 0 Å². The Morgan fingerprint density at radius 1 is 1.16 bits per heavy atom. The van der Waals surface area contributed by atoms with Gasteiger partial charge in [-0.1, -0.05) is 24.3 Å². The lowest BCUT2D eigenvalue weighted by Gasteiger charge is -2.53. The van der Waals surface area contributed by atoms with Crippen molar-refractivity contribution >= 4 is 11.6 Å². The lowest BCUT2D eigenvalue weighted by Crippen LogP contribution is -2.57. The number of benzene rings is 2. The quantitative estimate of drug-likeness (QED) is 0.771. The lowest BCUT2D eigenvalue weighted by molar-refractivity contribution is -0.150. The molecule has 0 unspecified atom stereocenters. The van der Waals surface area contributed by atoms with E-state index in [9.17, 15) is 4.79 Å². The number of carbonyl (C=O) groups is 1. The van der Waals surface area contributed by atoms with Gasteiger partial charge in [0, 0.05) is 63.2 Å². The number of hydrogen-bond acceptors (Lipinski definition) is 4. The van der Waals surface area contributed by atoms with Gasteiger partial charge in [0.05, 0.1) is 6.10 Å². The van der Waals surface area contributed by atoms with Crippen LogP contribution in [0.2, 0.25) is 0 Å². The Kier molecular flexibility index (Phi) is 5.49. The van der Waals surface area contributed by atoms with Crippen LogP contribution in [0.15, 0.2) is 42.5 Å². The van der Waals surface area contributed by atoms with E-state index in [0.29, 0.717) is 5.92 Å². The molecule has 2 fully saturated rings. The summed E-state index contributed by atoms with van der Waals surface area (Å²) in [6.45, 7) is 7.49. The van der Waals surface area contributed by atoms with Crippen molar-refractivity contribution in [2.24, 2.45) is 5.92 Å². The highest BCUT2D eigenvalue weighted by Gasteiger charge is 2.52. The second-order valence-electron chi connectivity index (χ2n) is 9.40. The highest BCUT2D eigenvalue weighted by Crippen LogP contribution is 2.53. The molecular formula is C26H32N2O3. The second-order valence-corrected chi connectivity index (χ2v) is 9.40. The Morgan fingerprint density at radius 2 is 1.94 bits per heavy atom. The van der Waals surface area contributed by atoms with Gasteiger partial charge in [-0.3, -0.25) is 9.69 Å². The average molecular weight is 421 g/mol. The molecule has 5 rings (SSSR count). The number of anilines is 1. The Hall–Kier alpha value is -2.37. The molecule has 0 aliphatic carbocycles. The van der Waals surface area contributed by atoms with Crippen LogP contribution >= 0.6 is 0 Å². The molecule has 2 aromatic rings. The normalized spacial score (nSPS) is 24.7. The molecule has 2 atom stereocenters. The zero-order valence-electron chi connectivity index (χ0n) is 18.5. The van der Waals surface area contributed by atoms with Crippen LogP contribution in [0.4, 0.5) is 5.69 Å². The third-order valence-electron chi connectivity index (χ3n) is 7.17. The molecule has 0 saturated carbocycles. The number of nitrogens with one attached hydrogen (secondary N) is 1. The molecule has 5 heteroatoms. The van der Waals surface area contributed by atoms with E-state index < -0.39 is 0 Å². The minimum absolute atomic E-state index is 0.0386. The summed E-state index contributed by atoms with van der Waals surface area (Å²) in [4.78, 5) is 13.7. The van der Waals surface area contributed by atoms with Gasteiger partial charge in [-0.15, -0.1) is 0 Å². The van der Waals surface area contributed by atoms with Crippen molar-refractivity contribution in [1.82, 2.24) is 4.90 Å². The van der Waals surface area contributed by atoms with E-state index in [1.807, 2.05) is 12.1 Å². The van der Waals surface area contributed by atoms with Crippen molar-refractivity contribution in [2.45, 2.75) is 57.8 Å². The summed E-state index contributed by atoms with van der Waals surface area (Å²) in [5, 5.41) is 2.83. The van der Waals surface area contributed by atoms with Crippen molar-refractivity contribution in [3.8, 4) is 5.75 Å². The van der Waals surface area contributed by atoms with Crippen LogP contribution in [0.3, 0.4) is 0 Å². The molecule has 1 spiro atoms. The number of hydrogen-bond donors (Lipinski definition) is 1. The zero-order valence-corrected chi connectivity index (χ0v) is 18.5. The Morgan fingerprint density at radius 3 is 2.68 bits per heavy atom. The maximum absolute atomic E-state index is 11.2. The van der Waals surface area contributed by atoms with Gasteiger partial charge in [0.1, 0.15) is 11.4 Å². The molecule has 164 valence electrons. The number of amides is 1. The summed E-state index contributed by atoms with van der Waals surface area (Å²) in [5.74, 6) is 1.43. The minimum atomic E-state index is -0.113. The number of fused-ring (bicyclic) bond motifs is 4. The summed E-state index contributed by atoms with van der Waals surface area (Å²) < 4.78 is 13.1. The molecular weight excluding hydrogens is 388 g/mol. The van der Waals surface area contributed by atoms with Crippen LogP contribution in [0.5, 0.6) is 5.75 Å². The Bertz CT molecular complexity index is 948. The number of carbonyl (C=O) groups excluding carboxylic acids is 1. The highest BCUT2D eigenvalue weighted by atomic mass is 16.5. The summed E-state index contributed by atoms with van der Waals surface area (Å²) in [5.41, 5.74) is 4.49. The van der Waals surface area contributed by atoms with E-state index in [0.717, 1.165) is 56.9 Å². The lowest BCUT2D eigenvalue weighted by atomic mass is 9.70. The van der Waals surface area contributed by atoms with Crippen molar-refractivity contribution in [1.29, 1.82) is 0 Å². The molecule has 0 radical (unpaired) electrons. The number of likely N-dealkylation sites (tertiary alicyclic amines) is 1. The number of ether oxygens (including phenoxy) is 2. The van der Waals surface area contributed by atoms with Crippen molar-refractivity contribution in [2.75, 3.05) is 25.0 Å². The maximum atomic E-state index is 11.2. The summed E-state index contributed by atoms with van der Waals surface area (Å²) in [7, 11) is 0. The molecule has 1 amide bonds. The third-order valence-corrected chi connectivity index (χ3v) is 7.17. The molecule has 1 N–H and O–H groups in total. The van der Waals surface area contributed by atoms with E-state index in [-0.39, 0.29) is 17.6 Å². The third kappa shape index (κ3) is 4.09. The van der Waals surface area contributed by atoms with Gasteiger partial charge < -0.3 is 14.8 Å². The van der Waals surface area contributed by atoms with Crippen LogP contribution in [0.1, 0.15) is 55.4 Å². The van der Waals surface area contributed by atoms with Crippen molar-refractivity contribution < 1.29 is 14.3 Å². The standard InChI is InChI=1S/C26H32N2O3/c1-18-5-10-22-24(16-18)31-26(23-4-3-15-30-25(22)23)11-13-28(14-12-26)17-20-6-8-21(9-7-20)27-19(2)29/h5-10,16,23,25H,3-4,11-15,17H2,1-2H3,(H,27,29)/t23-,25+/m0/s1. The van der Waals surface area contributed by atoms with Gasteiger partial charge in [0.25, 0.3) is 0 Å². The highest BCUT2D eigenvalue weighted by molar-refractivity contribution is 5.88. The monoisotopic (exact) mass is 420 g/mol. The van der Waals surface area contributed by atoms with Gasteiger partial charge in [0.15, 0.2) is 0 Å². The first kappa shape index (κ1) is 20.5. The van der Waals surface area contributed by atoms with Gasteiger partial charge in [0.2, 0.25) is 5.91 Å². The van der Waals surface area contributed by atoms with Gasteiger partial charge >= 0.3 is 0 Å². The minimum Gasteiger partial charge on any atom is -0.486 e. The Labute approximate surface area is 184 Å². The first-order valence-corrected chi connectivity index (χ1v) is 11.5. The van der Waals surface area contributed by atoms with Crippen LogP contribution in [-0.4, -0.2) is 36.1 Å². The fraction of sp³-hybridized carbons (Fsp3) is 0.500. The maximum Gasteiger partial charge on any atom is 0.221 e. The van der Waals surface area contributed by atoms with E-state index in [2.05, 4.69) is 47.5 Å². The van der Waals surface area contributed by atoms with Crippen molar-refractivity contribution in [3.63, 3.8) is 0 Å². The van der Waals surface area contributed by atoms with Crippen LogP contribution in [-0.2, 0) is 16.1 Å². The topological polar surface area (TPSA) is 50.8 Å². The Balaban J connectivity index is 1.29. The van der Waals surface area contributed by atoms with E-state index in [4.69, 9.17) is 9.47 Å². The van der Waals surface area contributed by atoms with Crippen LogP contribution < -0.4 is 10.1 Å². The molecule has 31 heavy (non-hydrogen) atoms. The van der Waals surface area contributed by atoms with E-state index >= 15 is 0 Å². The fourth-order valence-electron chi connectivity index (χ4n) is 5.60. The molecule has 3 heterocycles. The molecule has 3 aliphatic rings. The SMILES string of the molecule is CC(=O)Nc1ccc(CN2CCC3(CC2)Oc2cc(C)ccc2[C@H]2OCCC[C@@H]23)cc1. The zero-order chi connectivity index (χ0) is 21.4. The van der Waals surface area contributed by atoms with Crippen LogP contribution in [0.25, 0.3) is 0 Å². The van der Waals surface area contributed by atoms with Gasteiger partial charge in [-0.2, -0.15) is 0 Å². The van der Waals surface area contributed by atoms with Crippen LogP contribution in [0, 0.1) is 12.8 Å². The number of piperidine rings is 1. The molecule has 2 saturated heterocycles. The number of rotatable bonds is 3. The molecule has 0 bridgehead atoms. The summed E-state index contributed by atoms with van der Waals surface area (Å²) in [6.07, 6.45) is 4.55. The summed E-state index contributed by atoms with van der Waals surface area (Å²) in [6, 6.07) is 14.8. The fourth-order valence-corrected chi connectivity index (χ4v) is 5.60. The number of nitrogens with zero attached hydrogens (tertiary/aromatic N) is 1. The molecule has 5 nitrogen and oxygen atoms in total. The van der Waals surface area contributed by atoms with Crippen molar-refractivity contribution in [3.05, 3.63) is 59.2 Å². The largest absolute Gasteiger partial charge is 0.486 e. The first-order chi connectivity index (χ1) is 15.0. The first-order valence-electron chi connectivity index (χ1n) is 11.5. The smallest absolute Gasteiger partial charge is 0.221 e. The molecule has 0 aromatic heterocycles. The molecule has 3 aliphatic heterocycles. The molecule has 2 aromatic carbocycles. The predicted octanol–water partition coefficient (Wildman–Crippen LogP) is 4.85. The summed E-state index contributed by atoms with van der Waals surface area (Å²) >= 11 is 0. The second kappa shape index (κ2) is 8.29. The average Bonchev–Trinajstić information content (AvgIpc) is 2.76. The predicted molar refractivity (Wildman–Crippen MR) is 121 cm³/mol. The van der Waals surface area contributed by atoms with Gasteiger partial charge in [-0.05, 0) is 49.1 Å².